The van der Waals surface area contributed by atoms with Gasteiger partial charge in [0.1, 0.15) is 0 Å². The van der Waals surface area contributed by atoms with Gasteiger partial charge in [0.05, 0.1) is 10.6 Å². The van der Waals surface area contributed by atoms with Gasteiger partial charge in [0.25, 0.3) is 0 Å². The first-order chi connectivity index (χ1) is 10.0. The second-order valence-electron chi connectivity index (χ2n) is 4.61. The molecule has 0 radical (unpaired) electrons. The molecule has 0 fully saturated rings. The van der Waals surface area contributed by atoms with Crippen LogP contribution < -0.4 is 11.2 Å². The lowest BCUT2D eigenvalue weighted by Crippen LogP contribution is -2.25. The molecular weight excluding hydrogens is 290 g/mol. The Hall–Kier alpha value is -1.89. The van der Waals surface area contributed by atoms with E-state index in [1.54, 1.807) is 11.3 Å². The van der Waals surface area contributed by atoms with Crippen LogP contribution in [-0.4, -0.2) is 22.8 Å². The van der Waals surface area contributed by atoms with Crippen molar-refractivity contribution in [1.29, 1.82) is 0 Å². The van der Waals surface area contributed by atoms with Gasteiger partial charge < -0.3 is 10.8 Å². The Morgan fingerprint density at radius 3 is 2.71 bits per heavy atom. The monoisotopic (exact) mass is 311 g/mol. The van der Waals surface area contributed by atoms with Crippen molar-refractivity contribution >= 4 is 29.0 Å². The number of urea groups is 1. The fourth-order valence-electron chi connectivity index (χ4n) is 1.85. The van der Waals surface area contributed by atoms with Crippen molar-refractivity contribution in [2.75, 3.05) is 0 Å². The number of rotatable bonds is 9. The summed E-state index contributed by atoms with van der Waals surface area (Å²) in [5.74, 6) is -0.737. The lowest BCUT2D eigenvalue weighted by molar-refractivity contribution is -0.137. The fraction of sp³-hybridized carbons (Fsp3) is 0.500. The van der Waals surface area contributed by atoms with Gasteiger partial charge in [0.2, 0.25) is 0 Å². The molecule has 7 heteroatoms. The Kier molecular flexibility index (Phi) is 7.45. The number of unbranched alkanes of at least 4 members (excludes halogenated alkanes) is 2. The summed E-state index contributed by atoms with van der Waals surface area (Å²) in [6.45, 7) is 1.97. The number of hydrazone groups is 1. The normalized spacial score (nSPS) is 11.4. The minimum absolute atomic E-state index is 0.237. The number of carbonyl (C=O) groups excluding carboxylic acids is 1. The summed E-state index contributed by atoms with van der Waals surface area (Å²) in [7, 11) is 0. The molecule has 1 heterocycles. The maximum absolute atomic E-state index is 10.7. The molecule has 0 bridgehead atoms. The summed E-state index contributed by atoms with van der Waals surface area (Å²) in [6.07, 6.45) is 4.49. The van der Waals surface area contributed by atoms with Gasteiger partial charge in [-0.2, -0.15) is 5.10 Å². The van der Waals surface area contributed by atoms with Crippen LogP contribution in [0.3, 0.4) is 0 Å². The first kappa shape index (κ1) is 17.2. The fourth-order valence-corrected chi connectivity index (χ4v) is 2.96. The standard InChI is InChI=1S/C14H21N3O3S/c1-2-11(16-17-14(15)20)12-9-8-10(21-12)6-4-3-5-7-13(18)19/h8-9H,2-7H2,1H3,(H,18,19)(H3,15,17,20). The quantitative estimate of drug-likeness (QED) is 0.371. The zero-order valence-corrected chi connectivity index (χ0v) is 12.9. The molecule has 0 aliphatic heterocycles. The summed E-state index contributed by atoms with van der Waals surface area (Å²) in [5.41, 5.74) is 8.05. The van der Waals surface area contributed by atoms with Crippen LogP contribution in [0.2, 0.25) is 0 Å². The third-order valence-corrected chi connectivity index (χ3v) is 4.09. The molecule has 1 aromatic heterocycles. The van der Waals surface area contributed by atoms with Crippen LogP contribution in [0.15, 0.2) is 17.2 Å². The number of nitrogens with two attached hydrogens (primary N) is 1. The average molecular weight is 311 g/mol. The molecule has 0 aliphatic carbocycles. The second-order valence-corrected chi connectivity index (χ2v) is 5.78. The summed E-state index contributed by atoms with van der Waals surface area (Å²) < 4.78 is 0. The molecule has 116 valence electrons. The lowest BCUT2D eigenvalue weighted by Gasteiger charge is -2.00. The number of aliphatic carboxylic acids is 1. The maximum Gasteiger partial charge on any atom is 0.332 e. The summed E-state index contributed by atoms with van der Waals surface area (Å²) in [4.78, 5) is 23.3. The number of nitrogens with zero attached hydrogens (tertiary/aromatic N) is 1. The molecule has 2 amide bonds. The number of carboxylic acids is 1. The van der Waals surface area contributed by atoms with Crippen molar-refractivity contribution in [3.05, 3.63) is 21.9 Å². The number of carbonyl (C=O) groups is 2. The SMILES string of the molecule is CCC(=NNC(N)=O)c1ccc(CCCCCC(=O)O)s1. The van der Waals surface area contributed by atoms with E-state index in [0.29, 0.717) is 6.42 Å². The third-order valence-electron chi connectivity index (χ3n) is 2.90. The molecule has 1 aromatic rings. The first-order valence-corrected chi connectivity index (χ1v) is 7.77. The van der Waals surface area contributed by atoms with Gasteiger partial charge in [-0.05, 0) is 37.8 Å². The van der Waals surface area contributed by atoms with Crippen molar-refractivity contribution in [3.8, 4) is 0 Å². The third kappa shape index (κ3) is 6.89. The molecule has 1 rings (SSSR count). The zero-order valence-electron chi connectivity index (χ0n) is 12.1. The molecule has 0 unspecified atom stereocenters. The van der Waals surface area contributed by atoms with Crippen LogP contribution >= 0.6 is 11.3 Å². The Bertz CT molecular complexity index is 511. The lowest BCUT2D eigenvalue weighted by atomic mass is 10.1. The average Bonchev–Trinajstić information content (AvgIpc) is 2.87. The number of nitrogens with one attached hydrogen (secondary N) is 1. The minimum atomic E-state index is -0.737. The highest BCUT2D eigenvalue weighted by molar-refractivity contribution is 7.14. The van der Waals surface area contributed by atoms with Gasteiger partial charge in [-0.25, -0.2) is 10.2 Å². The van der Waals surface area contributed by atoms with E-state index >= 15 is 0 Å². The highest BCUT2D eigenvalue weighted by Crippen LogP contribution is 2.21. The smallest absolute Gasteiger partial charge is 0.332 e. The number of aryl methyl sites for hydroxylation is 1. The first-order valence-electron chi connectivity index (χ1n) is 6.95. The van der Waals surface area contributed by atoms with Gasteiger partial charge in [-0.3, -0.25) is 4.79 Å². The number of primary amides is 1. The topological polar surface area (TPSA) is 105 Å². The molecule has 21 heavy (non-hydrogen) atoms. The molecule has 0 aliphatic rings. The van der Waals surface area contributed by atoms with Gasteiger partial charge in [0.15, 0.2) is 0 Å². The van der Waals surface area contributed by atoms with Crippen LogP contribution in [0.5, 0.6) is 0 Å². The summed E-state index contributed by atoms with van der Waals surface area (Å²) >= 11 is 1.64. The Morgan fingerprint density at radius 1 is 1.33 bits per heavy atom. The molecular formula is C14H21N3O3S. The number of hydrogen-bond donors (Lipinski definition) is 3. The van der Waals surface area contributed by atoms with Gasteiger partial charge in [-0.15, -0.1) is 11.3 Å². The molecule has 4 N–H and O–H groups in total. The van der Waals surface area contributed by atoms with Crippen LogP contribution in [0.25, 0.3) is 0 Å². The Morgan fingerprint density at radius 2 is 2.10 bits per heavy atom. The molecule has 0 saturated carbocycles. The van der Waals surface area contributed by atoms with E-state index in [1.807, 2.05) is 19.1 Å². The van der Waals surface area contributed by atoms with Gasteiger partial charge in [0, 0.05) is 11.3 Å². The largest absolute Gasteiger partial charge is 0.481 e. The van der Waals surface area contributed by atoms with Gasteiger partial charge in [-0.1, -0.05) is 13.3 Å². The molecule has 0 spiro atoms. The molecule has 6 nitrogen and oxygen atoms in total. The van der Waals surface area contributed by atoms with E-state index < -0.39 is 12.0 Å². The highest BCUT2D eigenvalue weighted by atomic mass is 32.1. The van der Waals surface area contributed by atoms with Gasteiger partial charge >= 0.3 is 12.0 Å². The van der Waals surface area contributed by atoms with Crippen LogP contribution in [-0.2, 0) is 11.2 Å². The van der Waals surface area contributed by atoms with Crippen LogP contribution in [0.4, 0.5) is 4.79 Å². The number of amides is 2. The second kappa shape index (κ2) is 9.12. The van der Waals surface area contributed by atoms with E-state index in [4.69, 9.17) is 10.8 Å². The van der Waals surface area contributed by atoms with Crippen LogP contribution in [0, 0.1) is 0 Å². The van der Waals surface area contributed by atoms with E-state index in [-0.39, 0.29) is 6.42 Å². The number of hydrogen-bond acceptors (Lipinski definition) is 4. The van der Waals surface area contributed by atoms with E-state index in [9.17, 15) is 9.59 Å². The van der Waals surface area contributed by atoms with E-state index in [0.717, 1.165) is 36.3 Å². The predicted octanol–water partition coefficient (Wildman–Crippen LogP) is 2.72. The molecule has 0 saturated heterocycles. The predicted molar refractivity (Wildman–Crippen MR) is 83.7 cm³/mol. The van der Waals surface area contributed by atoms with E-state index in [1.165, 1.54) is 4.88 Å². The molecule has 0 atom stereocenters. The summed E-state index contributed by atoms with van der Waals surface area (Å²) in [5, 5.41) is 12.6. The van der Waals surface area contributed by atoms with Crippen molar-refractivity contribution < 1.29 is 14.7 Å². The number of carboxylic acid groups (broad SMARTS) is 1. The highest BCUT2D eigenvalue weighted by Gasteiger charge is 2.06. The molecule has 0 aromatic carbocycles. The Balaban J connectivity index is 2.46. The Labute approximate surface area is 128 Å². The van der Waals surface area contributed by atoms with Crippen molar-refractivity contribution in [1.82, 2.24) is 5.43 Å². The summed E-state index contributed by atoms with van der Waals surface area (Å²) in [6, 6.07) is 3.37. The van der Waals surface area contributed by atoms with Crippen molar-refractivity contribution in [3.63, 3.8) is 0 Å². The van der Waals surface area contributed by atoms with Crippen LogP contribution in [0.1, 0.15) is 48.8 Å². The zero-order chi connectivity index (χ0) is 15.7. The maximum atomic E-state index is 10.7. The minimum Gasteiger partial charge on any atom is -0.481 e. The van der Waals surface area contributed by atoms with Crippen molar-refractivity contribution in [2.24, 2.45) is 10.8 Å². The number of thiophene rings is 1. The van der Waals surface area contributed by atoms with Crippen molar-refractivity contribution in [2.45, 2.75) is 45.4 Å². The van der Waals surface area contributed by atoms with E-state index in [2.05, 4.69) is 10.5 Å².